The zero-order chi connectivity index (χ0) is 65.2. The minimum Gasteiger partial charge on any atom is -0.480 e. The molecule has 0 saturated carbocycles. The number of aliphatic carboxylic acids is 2. The van der Waals surface area contributed by atoms with Gasteiger partial charge in [-0.2, -0.15) is 23.5 Å². The Kier molecular flexibility index (Phi) is 26.2. The topological polar surface area (TPSA) is 640 Å². The van der Waals surface area contributed by atoms with Crippen LogP contribution in [0.3, 0.4) is 0 Å². The van der Waals surface area contributed by atoms with Gasteiger partial charge in [0.25, 0.3) is 0 Å². The summed E-state index contributed by atoms with van der Waals surface area (Å²) in [5.41, 5.74) is 11.4. The van der Waals surface area contributed by atoms with Crippen molar-refractivity contribution in [2.45, 2.75) is 227 Å². The lowest BCUT2D eigenvalue weighted by molar-refractivity contribution is -0.395. The zero-order valence-corrected chi connectivity index (χ0v) is 48.3. The highest BCUT2D eigenvalue weighted by Gasteiger charge is 2.60. The number of carboxylic acid groups (broad SMARTS) is 2. The van der Waals surface area contributed by atoms with Gasteiger partial charge in [0.2, 0.25) is 0 Å². The van der Waals surface area contributed by atoms with E-state index in [1.807, 2.05) is 0 Å². The summed E-state index contributed by atoms with van der Waals surface area (Å²) < 4.78 is 81.6. The molecule has 21 heterocycles. The molecule has 0 amide bonds. The molecule has 39 nitrogen and oxygen atoms in total. The lowest BCUT2D eigenvalue weighted by Gasteiger charge is -2.50. The van der Waals surface area contributed by atoms with Gasteiger partial charge in [0.05, 0.1) is 45.2 Å². The van der Waals surface area contributed by atoms with E-state index in [1.54, 1.807) is 0 Å². The van der Waals surface area contributed by atoms with Crippen molar-refractivity contribution in [1.82, 2.24) is 0 Å². The van der Waals surface area contributed by atoms with Crippen LogP contribution in [0.1, 0.15) is 0 Å². The second kappa shape index (κ2) is 31.9. The molecule has 41 heteroatoms. The van der Waals surface area contributed by atoms with Crippen LogP contribution in [0.25, 0.3) is 0 Å². The average molecular weight is 1340 g/mol. The fourth-order valence-electron chi connectivity index (χ4n) is 11.2. The third-order valence-corrected chi connectivity index (χ3v) is 18.5. The highest BCUT2D eigenvalue weighted by molar-refractivity contribution is 7.99. The lowest BCUT2D eigenvalue weighted by atomic mass is 9.95. The van der Waals surface area contributed by atoms with Crippen LogP contribution >= 0.6 is 23.5 Å². The zero-order valence-electron chi connectivity index (χ0n) is 46.6. The van der Waals surface area contributed by atoms with Gasteiger partial charge >= 0.3 is 11.9 Å². The Morgan fingerprint density at radius 3 is 0.596 bits per heavy atom. The van der Waals surface area contributed by atoms with Gasteiger partial charge in [-0.1, -0.05) is 0 Å². The van der Waals surface area contributed by atoms with Crippen LogP contribution < -0.4 is 11.5 Å². The minimum atomic E-state index is -2.27. The second-order valence-electron chi connectivity index (χ2n) is 22.3. The lowest BCUT2D eigenvalue weighted by Crippen LogP contribution is -2.68. The molecule has 37 atom stereocenters. The SMILES string of the molecule is NC(CSCC1O[C@H]2O[C@@H]3C(CO)O[C@H](O[C@@H]4C(CO)O[C@H](O[C@@H]5C(CO)O[C@H](O[C@@H]6C(CSC[C@@H](N)C(=O)O)O[C@H](O[C@@H]7C(CO)O[C@H](O[C@@H]8C(CO)O[C@@H](O[C@@H]1C(O)[C@@H]2O)[C@@H](O)C8O)[C@@H](O)C7O)C(O)[C@H]6O)C(O)[C@H]5O)[C@@H](O)C4O)[C@@H](O)C3O)C(=O)O. The Labute approximate surface area is 511 Å². The Bertz CT molecular complexity index is 2200. The van der Waals surface area contributed by atoms with Gasteiger partial charge in [-0.25, -0.2) is 0 Å². The first kappa shape index (κ1) is 73.1. The molecule has 0 aliphatic carbocycles. The molecule has 25 N–H and O–H groups in total. The summed E-state index contributed by atoms with van der Waals surface area (Å²) in [6.07, 6.45) is -71.4. The largest absolute Gasteiger partial charge is 0.480 e. The van der Waals surface area contributed by atoms with Gasteiger partial charge in [-0.05, 0) is 0 Å². The van der Waals surface area contributed by atoms with Gasteiger partial charge in [-0.15, -0.1) is 0 Å². The summed E-state index contributed by atoms with van der Waals surface area (Å²) in [6.45, 7) is -5.43. The normalized spacial score (nSPS) is 50.1. The number of carbonyl (C=O) groups is 2. The Morgan fingerprint density at radius 1 is 0.281 bits per heavy atom. The highest BCUT2D eigenvalue weighted by Crippen LogP contribution is 2.40. The monoisotopic (exact) mass is 1340 g/mol. The summed E-state index contributed by atoms with van der Waals surface area (Å²) >= 11 is 1.60. The van der Waals surface area contributed by atoms with Crippen molar-refractivity contribution in [1.29, 1.82) is 0 Å². The Morgan fingerprint density at radius 2 is 0.438 bits per heavy atom. The van der Waals surface area contributed by atoms with E-state index in [9.17, 15) is 117 Å². The molecule has 0 spiro atoms. The van der Waals surface area contributed by atoms with Crippen LogP contribution in [0.2, 0.25) is 0 Å². The van der Waals surface area contributed by atoms with Gasteiger partial charge in [0.15, 0.2) is 44.0 Å². The van der Waals surface area contributed by atoms with Gasteiger partial charge in [-0.3, -0.25) is 9.59 Å². The van der Waals surface area contributed by atoms with Crippen LogP contribution in [-0.2, 0) is 75.9 Å². The van der Waals surface area contributed by atoms with Crippen molar-refractivity contribution in [2.75, 3.05) is 56.0 Å². The van der Waals surface area contributed by atoms with Crippen LogP contribution in [-0.4, -0.2) is 402 Å². The van der Waals surface area contributed by atoms with E-state index in [-0.39, 0.29) is 11.5 Å². The van der Waals surface area contributed by atoms with Crippen LogP contribution in [0.15, 0.2) is 0 Å². The minimum absolute atomic E-state index is 0.319. The van der Waals surface area contributed by atoms with E-state index in [4.69, 9.17) is 77.8 Å². The molecule has 15 unspecified atom stereocenters. The third kappa shape index (κ3) is 15.9. The van der Waals surface area contributed by atoms with Crippen molar-refractivity contribution in [3.63, 3.8) is 0 Å². The quantitative estimate of drug-likeness (QED) is 0.0724. The standard InChI is InChI=1S/C48H80N2O37S2/c49-10(40(70)71)6-88-8-17-38-25(62)32(69)48(80-17)85-37-16(5-55)76-44(28(65)21(37)58)83-35-14(3-53)78-46(30(67)23(35)60)87-39-18(9-89-7-11(50)41(72)73)79-47(31(68)24(39)61)84-36-15(4-54)75-43(27(64)20(36)57)81-33-12(1-51)74-42(26(63)19(33)56)82-34-13(2-52)77-45(86-38)29(66)22(34)59/h10-39,42-48,51-69H,1-9,49-50H2,(H,70,71)(H,72,73)/t10-,11?,12?,13?,14?,15?,16?,17?,18?,19?,20?,21?,22-,23?,24?,25-,26+,27+,28+,29?,30+,31+,32?,33-,34-,35-,36-,37-,38-,39+,42-,43-,44-,45-,46+,47+,48-/m1/s1. The fourth-order valence-corrected chi connectivity index (χ4v) is 13.2. The van der Waals surface area contributed by atoms with Crippen molar-refractivity contribution in [3.05, 3.63) is 0 Å². The molecular formula is C48H80N2O37S2. The first-order chi connectivity index (χ1) is 42.2. The van der Waals surface area contributed by atoms with E-state index in [2.05, 4.69) is 0 Å². The van der Waals surface area contributed by atoms with Crippen LogP contribution in [0, 0.1) is 0 Å². The Hall–Kier alpha value is -1.76. The third-order valence-electron chi connectivity index (χ3n) is 16.2. The number of carboxylic acids is 2. The number of nitrogens with two attached hydrogens (primary N) is 2. The molecule has 21 fully saturated rings. The number of aliphatic hydroxyl groups is 19. The highest BCUT2D eigenvalue weighted by atomic mass is 32.2. The van der Waals surface area contributed by atoms with E-state index < -0.39 is 284 Å². The van der Waals surface area contributed by atoms with E-state index in [1.165, 1.54) is 0 Å². The summed E-state index contributed by atoms with van der Waals surface area (Å²) in [5.74, 6) is -4.26. The van der Waals surface area contributed by atoms with Crippen molar-refractivity contribution in [2.24, 2.45) is 11.5 Å². The van der Waals surface area contributed by atoms with Gasteiger partial charge in [0, 0.05) is 23.0 Å². The molecule has 0 radical (unpaired) electrons. The van der Waals surface area contributed by atoms with E-state index in [0.717, 1.165) is 23.5 Å². The maximum atomic E-state index is 11.7. The maximum absolute atomic E-state index is 11.7. The Balaban J connectivity index is 1.11. The smallest absolute Gasteiger partial charge is 0.321 e. The van der Waals surface area contributed by atoms with Crippen LogP contribution in [0.5, 0.6) is 0 Å². The van der Waals surface area contributed by atoms with E-state index in [0.29, 0.717) is 0 Å². The van der Waals surface area contributed by atoms with Gasteiger partial charge in [0.1, 0.15) is 171 Å². The molecule has 21 aliphatic rings. The molecule has 21 rings (SSSR count). The molecular weight excluding hydrogens is 1260 g/mol. The molecule has 516 valence electrons. The molecule has 89 heavy (non-hydrogen) atoms. The van der Waals surface area contributed by atoms with Crippen molar-refractivity contribution < 1.29 is 183 Å². The number of ether oxygens (including phenoxy) is 14. The summed E-state index contributed by atoms with van der Waals surface area (Å²) in [6, 6.07) is -2.94. The molecule has 0 aromatic rings. The molecule has 0 aromatic carbocycles. The maximum Gasteiger partial charge on any atom is 0.321 e. The molecule has 14 bridgehead atoms. The van der Waals surface area contributed by atoms with E-state index >= 15 is 0 Å². The number of rotatable bonds is 15. The van der Waals surface area contributed by atoms with Gasteiger partial charge < -0.3 is 185 Å². The summed E-state index contributed by atoms with van der Waals surface area (Å²) in [7, 11) is 0. The number of thioether (sulfide) groups is 2. The van der Waals surface area contributed by atoms with Crippen LogP contribution in [0.4, 0.5) is 0 Å². The predicted octanol–water partition coefficient (Wildman–Crippen LogP) is -14.9. The second-order valence-corrected chi connectivity index (χ2v) is 24.4. The molecule has 21 aliphatic heterocycles. The summed E-state index contributed by atoms with van der Waals surface area (Å²) in [5, 5.41) is 233. The predicted molar refractivity (Wildman–Crippen MR) is 280 cm³/mol. The number of hydrogen-bond donors (Lipinski definition) is 23. The molecule has 0 aromatic heterocycles. The average Bonchev–Trinajstić information content (AvgIpc) is 0.884. The van der Waals surface area contributed by atoms with Crippen molar-refractivity contribution >= 4 is 35.5 Å². The summed E-state index contributed by atoms with van der Waals surface area (Å²) in [4.78, 5) is 23.2. The van der Waals surface area contributed by atoms with Crippen molar-refractivity contribution in [3.8, 4) is 0 Å². The first-order valence-electron chi connectivity index (χ1n) is 28.1. The molecule has 21 saturated heterocycles. The first-order valence-corrected chi connectivity index (χ1v) is 30.4. The number of hydrogen-bond acceptors (Lipinski definition) is 39. The fraction of sp³-hybridized carbons (Fsp3) is 0.958. The number of aliphatic hydroxyl groups excluding tert-OH is 19.